The second-order valence-electron chi connectivity index (χ2n) is 5.55. The van der Waals surface area contributed by atoms with Gasteiger partial charge in [0.2, 0.25) is 0 Å². The van der Waals surface area contributed by atoms with Gasteiger partial charge in [-0.25, -0.2) is 0 Å². The highest BCUT2D eigenvalue weighted by molar-refractivity contribution is 5.24. The molecule has 0 aromatic heterocycles. The van der Waals surface area contributed by atoms with E-state index in [0.717, 1.165) is 44.8 Å². The first-order chi connectivity index (χ1) is 10.8. The van der Waals surface area contributed by atoms with Gasteiger partial charge in [-0.2, -0.15) is 0 Å². The van der Waals surface area contributed by atoms with Crippen LogP contribution in [0.25, 0.3) is 0 Å². The van der Waals surface area contributed by atoms with Gasteiger partial charge in [0, 0.05) is 31.9 Å². The van der Waals surface area contributed by atoms with Gasteiger partial charge in [-0.15, -0.1) is 0 Å². The van der Waals surface area contributed by atoms with Crippen LogP contribution in [0.15, 0.2) is 24.3 Å². The third kappa shape index (κ3) is 5.69. The van der Waals surface area contributed by atoms with Gasteiger partial charge in [-0.3, -0.25) is 4.90 Å². The maximum atomic E-state index is 5.68. The van der Waals surface area contributed by atoms with E-state index in [-0.39, 0.29) is 6.29 Å². The van der Waals surface area contributed by atoms with E-state index in [2.05, 4.69) is 29.2 Å². The third-order valence-electron chi connectivity index (χ3n) is 3.90. The van der Waals surface area contributed by atoms with E-state index in [1.165, 1.54) is 12.0 Å². The zero-order chi connectivity index (χ0) is 15.6. The van der Waals surface area contributed by atoms with Gasteiger partial charge in [-0.1, -0.05) is 24.3 Å². The van der Waals surface area contributed by atoms with Crippen LogP contribution in [0.1, 0.15) is 37.7 Å². The molecule has 0 unspecified atom stereocenters. The number of rotatable bonds is 9. The Kier molecular flexibility index (Phi) is 7.88. The number of nitrogens with zero attached hydrogens (tertiary/aromatic N) is 1. The number of hydrogen-bond donors (Lipinski definition) is 0. The van der Waals surface area contributed by atoms with E-state index < -0.39 is 0 Å². The highest BCUT2D eigenvalue weighted by Gasteiger charge is 2.12. The summed E-state index contributed by atoms with van der Waals surface area (Å²) in [5, 5.41) is 0. The van der Waals surface area contributed by atoms with Crippen molar-refractivity contribution in [2.24, 2.45) is 0 Å². The molecule has 22 heavy (non-hydrogen) atoms. The summed E-state index contributed by atoms with van der Waals surface area (Å²) in [5.41, 5.74) is 2.47. The molecule has 0 aliphatic carbocycles. The van der Waals surface area contributed by atoms with Crippen LogP contribution >= 0.6 is 0 Å². The van der Waals surface area contributed by atoms with E-state index in [4.69, 9.17) is 14.2 Å². The molecule has 2 rings (SSSR count). The van der Waals surface area contributed by atoms with Crippen molar-refractivity contribution in [3.63, 3.8) is 0 Å². The quantitative estimate of drug-likeness (QED) is 0.656. The van der Waals surface area contributed by atoms with Crippen LogP contribution in [0.2, 0.25) is 0 Å². The number of aryl methyl sites for hydroxylation is 1. The lowest BCUT2D eigenvalue weighted by molar-refractivity contribution is -0.140. The molecule has 4 heteroatoms. The molecule has 0 spiro atoms. The zero-order valence-electron chi connectivity index (χ0n) is 13.9. The van der Waals surface area contributed by atoms with Gasteiger partial charge in [0.15, 0.2) is 6.29 Å². The fraction of sp³-hybridized carbons (Fsp3) is 0.667. The maximum absolute atomic E-state index is 5.68. The molecule has 1 fully saturated rings. The van der Waals surface area contributed by atoms with E-state index in [0.29, 0.717) is 13.2 Å². The first-order valence-electron chi connectivity index (χ1n) is 8.45. The zero-order valence-corrected chi connectivity index (χ0v) is 13.9. The first kappa shape index (κ1) is 17.4. The second-order valence-corrected chi connectivity index (χ2v) is 5.55. The summed E-state index contributed by atoms with van der Waals surface area (Å²) in [6.45, 7) is 10.3. The Morgan fingerprint density at radius 3 is 2.55 bits per heavy atom. The largest absolute Gasteiger partial charge is 0.379 e. The van der Waals surface area contributed by atoms with Crippen molar-refractivity contribution in [2.45, 2.75) is 33.0 Å². The van der Waals surface area contributed by atoms with Gasteiger partial charge in [0.1, 0.15) is 0 Å². The lowest BCUT2D eigenvalue weighted by atomic mass is 10.1. The molecule has 0 radical (unpaired) electrons. The van der Waals surface area contributed by atoms with E-state index in [1.807, 2.05) is 13.8 Å². The minimum atomic E-state index is -0.241. The molecule has 0 amide bonds. The number of ether oxygens (including phenoxy) is 3. The molecule has 4 nitrogen and oxygen atoms in total. The molecule has 0 bridgehead atoms. The van der Waals surface area contributed by atoms with Crippen LogP contribution in [0.3, 0.4) is 0 Å². The number of morpholine rings is 1. The SMILES string of the molecule is CCOC(OCC)c1cccc(CCCN2CCOCC2)c1. The maximum Gasteiger partial charge on any atom is 0.183 e. The Morgan fingerprint density at radius 2 is 1.86 bits per heavy atom. The van der Waals surface area contributed by atoms with Crippen molar-refractivity contribution in [3.8, 4) is 0 Å². The van der Waals surface area contributed by atoms with E-state index in [1.54, 1.807) is 0 Å². The predicted octanol–water partition coefficient (Wildman–Crippen LogP) is 3.02. The summed E-state index contributed by atoms with van der Waals surface area (Å²) in [4.78, 5) is 2.48. The van der Waals surface area contributed by atoms with Crippen LogP contribution < -0.4 is 0 Å². The molecule has 1 aromatic rings. The lowest BCUT2D eigenvalue weighted by Crippen LogP contribution is -2.36. The van der Waals surface area contributed by atoms with Crippen LogP contribution in [-0.2, 0) is 20.6 Å². The first-order valence-corrected chi connectivity index (χ1v) is 8.45. The predicted molar refractivity (Wildman–Crippen MR) is 88.0 cm³/mol. The van der Waals surface area contributed by atoms with E-state index in [9.17, 15) is 0 Å². The Bertz CT molecular complexity index is 413. The molecule has 1 aliphatic heterocycles. The summed E-state index contributed by atoms with van der Waals surface area (Å²) in [6.07, 6.45) is 2.03. The average molecular weight is 307 g/mol. The molecular formula is C18H29NO3. The Labute approximate surface area is 134 Å². The highest BCUT2D eigenvalue weighted by Crippen LogP contribution is 2.20. The summed E-state index contributed by atoms with van der Waals surface area (Å²) < 4.78 is 16.7. The van der Waals surface area contributed by atoms with Gasteiger partial charge in [0.05, 0.1) is 13.2 Å². The topological polar surface area (TPSA) is 30.9 Å². The van der Waals surface area contributed by atoms with Gasteiger partial charge in [0.25, 0.3) is 0 Å². The van der Waals surface area contributed by atoms with Crippen molar-refractivity contribution < 1.29 is 14.2 Å². The highest BCUT2D eigenvalue weighted by atomic mass is 16.7. The fourth-order valence-electron chi connectivity index (χ4n) is 2.77. The molecular weight excluding hydrogens is 278 g/mol. The van der Waals surface area contributed by atoms with Gasteiger partial charge in [-0.05, 0) is 38.8 Å². The van der Waals surface area contributed by atoms with E-state index >= 15 is 0 Å². The Hall–Kier alpha value is -0.940. The minimum absolute atomic E-state index is 0.241. The lowest BCUT2D eigenvalue weighted by Gasteiger charge is -2.26. The average Bonchev–Trinajstić information content (AvgIpc) is 2.56. The van der Waals surface area contributed by atoms with Crippen molar-refractivity contribution in [2.75, 3.05) is 46.1 Å². The summed E-state index contributed by atoms with van der Waals surface area (Å²) in [5.74, 6) is 0. The molecule has 0 saturated carbocycles. The van der Waals surface area contributed by atoms with Crippen LogP contribution in [0, 0.1) is 0 Å². The summed E-state index contributed by atoms with van der Waals surface area (Å²) in [7, 11) is 0. The molecule has 1 aliphatic rings. The molecule has 0 atom stereocenters. The molecule has 0 N–H and O–H groups in total. The van der Waals surface area contributed by atoms with Crippen molar-refractivity contribution in [3.05, 3.63) is 35.4 Å². The standard InChI is InChI=1S/C18H29NO3/c1-3-21-18(22-4-2)17-9-5-7-16(15-17)8-6-10-19-11-13-20-14-12-19/h5,7,9,15,18H,3-4,6,8,10-14H2,1-2H3. The van der Waals surface area contributed by atoms with Crippen LogP contribution in [0.5, 0.6) is 0 Å². The van der Waals surface area contributed by atoms with Crippen molar-refractivity contribution in [1.82, 2.24) is 4.90 Å². The summed E-state index contributed by atoms with van der Waals surface area (Å²) in [6, 6.07) is 8.60. The summed E-state index contributed by atoms with van der Waals surface area (Å²) >= 11 is 0. The monoisotopic (exact) mass is 307 g/mol. The fourth-order valence-corrected chi connectivity index (χ4v) is 2.77. The van der Waals surface area contributed by atoms with Gasteiger partial charge < -0.3 is 14.2 Å². The molecule has 1 saturated heterocycles. The van der Waals surface area contributed by atoms with Crippen LogP contribution in [-0.4, -0.2) is 51.0 Å². The number of hydrogen-bond acceptors (Lipinski definition) is 4. The van der Waals surface area contributed by atoms with Crippen molar-refractivity contribution in [1.29, 1.82) is 0 Å². The number of benzene rings is 1. The molecule has 124 valence electrons. The van der Waals surface area contributed by atoms with Crippen molar-refractivity contribution >= 4 is 0 Å². The Balaban J connectivity index is 1.84. The second kappa shape index (κ2) is 9.95. The molecule has 1 heterocycles. The minimum Gasteiger partial charge on any atom is -0.379 e. The van der Waals surface area contributed by atoms with Gasteiger partial charge >= 0.3 is 0 Å². The molecule has 1 aromatic carbocycles. The third-order valence-corrected chi connectivity index (χ3v) is 3.90. The normalized spacial score (nSPS) is 16.3. The Morgan fingerprint density at radius 1 is 1.14 bits per heavy atom. The smallest absolute Gasteiger partial charge is 0.183 e. The van der Waals surface area contributed by atoms with Crippen LogP contribution in [0.4, 0.5) is 0 Å².